The molecule has 98 valence electrons. The van der Waals surface area contributed by atoms with Crippen molar-refractivity contribution in [3.05, 3.63) is 35.5 Å². The van der Waals surface area contributed by atoms with E-state index in [0.717, 1.165) is 28.8 Å². The van der Waals surface area contributed by atoms with Crippen molar-refractivity contribution < 1.29 is 4.79 Å². The highest BCUT2D eigenvalue weighted by Gasteiger charge is 2.43. The summed E-state index contributed by atoms with van der Waals surface area (Å²) in [4.78, 5) is 16.1. The summed E-state index contributed by atoms with van der Waals surface area (Å²) in [5.41, 5.74) is 3.21. The first-order valence-electron chi connectivity index (χ1n) is 7.35. The molecule has 0 spiro atoms. The van der Waals surface area contributed by atoms with Gasteiger partial charge in [-0.2, -0.15) is 0 Å². The van der Waals surface area contributed by atoms with Gasteiger partial charge in [0.05, 0.1) is 0 Å². The van der Waals surface area contributed by atoms with Gasteiger partial charge < -0.3 is 4.98 Å². The van der Waals surface area contributed by atoms with Crippen molar-refractivity contribution in [3.63, 3.8) is 0 Å². The molecule has 0 saturated heterocycles. The minimum absolute atomic E-state index is 0.289. The fourth-order valence-electron chi connectivity index (χ4n) is 4.33. The molecule has 0 aliphatic heterocycles. The standard InChI is InChI=1S/C17H19NO/c1-10-3-2-4-15-16(10)14(9-18-15)17(19)13-8-11-5-6-12(13)7-11/h2-4,9,11-13,18H,5-8H2,1H3. The molecule has 3 atom stereocenters. The molecule has 4 rings (SSSR count). The summed E-state index contributed by atoms with van der Waals surface area (Å²) in [6.07, 6.45) is 6.95. The Bertz CT molecular complexity index is 654. The van der Waals surface area contributed by atoms with Crippen molar-refractivity contribution >= 4 is 16.7 Å². The van der Waals surface area contributed by atoms with Crippen molar-refractivity contribution in [2.24, 2.45) is 17.8 Å². The molecular weight excluding hydrogens is 234 g/mol. The molecule has 0 radical (unpaired) electrons. The highest BCUT2D eigenvalue weighted by Crippen LogP contribution is 2.49. The highest BCUT2D eigenvalue weighted by molar-refractivity contribution is 6.10. The lowest BCUT2D eigenvalue weighted by Gasteiger charge is -2.20. The normalized spacial score (nSPS) is 29.2. The lowest BCUT2D eigenvalue weighted by Crippen LogP contribution is -2.20. The average Bonchev–Trinajstić information content (AvgIpc) is 3.12. The van der Waals surface area contributed by atoms with E-state index in [2.05, 4.69) is 24.0 Å². The van der Waals surface area contributed by atoms with E-state index >= 15 is 0 Å². The number of carbonyl (C=O) groups is 1. The second-order valence-electron chi connectivity index (χ2n) is 6.35. The van der Waals surface area contributed by atoms with Crippen LogP contribution in [0, 0.1) is 24.7 Å². The zero-order valence-corrected chi connectivity index (χ0v) is 11.3. The first-order valence-corrected chi connectivity index (χ1v) is 7.35. The van der Waals surface area contributed by atoms with Gasteiger partial charge in [-0.1, -0.05) is 18.6 Å². The van der Waals surface area contributed by atoms with Gasteiger partial charge in [0, 0.05) is 28.6 Å². The Balaban J connectivity index is 1.76. The number of rotatable bonds is 2. The number of aromatic nitrogens is 1. The van der Waals surface area contributed by atoms with Gasteiger partial charge in [-0.3, -0.25) is 4.79 Å². The van der Waals surface area contributed by atoms with Crippen LogP contribution < -0.4 is 0 Å². The fraction of sp³-hybridized carbons (Fsp3) is 0.471. The number of nitrogens with one attached hydrogen (secondary N) is 1. The maximum atomic E-state index is 12.8. The molecule has 2 fully saturated rings. The Kier molecular flexibility index (Phi) is 2.35. The Morgan fingerprint density at radius 2 is 2.16 bits per heavy atom. The fourth-order valence-corrected chi connectivity index (χ4v) is 4.33. The predicted octanol–water partition coefficient (Wildman–Crippen LogP) is 4.10. The molecular formula is C17H19NO. The number of benzene rings is 1. The number of ketones is 1. The van der Waals surface area contributed by atoms with Crippen LogP contribution in [0.3, 0.4) is 0 Å². The van der Waals surface area contributed by atoms with Gasteiger partial charge in [-0.05, 0) is 49.7 Å². The van der Waals surface area contributed by atoms with Gasteiger partial charge in [0.2, 0.25) is 0 Å². The van der Waals surface area contributed by atoms with Crippen LogP contribution in [0.25, 0.3) is 10.9 Å². The third-order valence-corrected chi connectivity index (χ3v) is 5.25. The number of carbonyl (C=O) groups excluding carboxylic acids is 1. The Labute approximate surface area is 113 Å². The van der Waals surface area contributed by atoms with Gasteiger partial charge in [0.25, 0.3) is 0 Å². The number of H-pyrrole nitrogens is 1. The minimum atomic E-state index is 0.289. The summed E-state index contributed by atoms with van der Waals surface area (Å²) in [6.45, 7) is 2.09. The zero-order chi connectivity index (χ0) is 13.0. The molecule has 1 aromatic carbocycles. The van der Waals surface area contributed by atoms with Crippen LogP contribution in [0.15, 0.2) is 24.4 Å². The number of fused-ring (bicyclic) bond motifs is 3. The van der Waals surface area contributed by atoms with Gasteiger partial charge in [-0.25, -0.2) is 0 Å². The van der Waals surface area contributed by atoms with Gasteiger partial charge in [-0.15, -0.1) is 0 Å². The Hall–Kier alpha value is -1.57. The van der Waals surface area contributed by atoms with E-state index in [0.29, 0.717) is 11.7 Å². The van der Waals surface area contributed by atoms with E-state index in [-0.39, 0.29) is 5.92 Å². The van der Waals surface area contributed by atoms with Crippen LogP contribution in [0.2, 0.25) is 0 Å². The molecule has 1 aromatic heterocycles. The van der Waals surface area contributed by atoms with E-state index in [9.17, 15) is 4.79 Å². The molecule has 1 heterocycles. The molecule has 2 bridgehead atoms. The van der Waals surface area contributed by atoms with Crippen molar-refractivity contribution in [2.75, 3.05) is 0 Å². The molecule has 2 heteroatoms. The number of hydrogen-bond acceptors (Lipinski definition) is 1. The summed E-state index contributed by atoms with van der Waals surface area (Å²) >= 11 is 0. The van der Waals surface area contributed by atoms with Crippen LogP contribution in [0.4, 0.5) is 0 Å². The Morgan fingerprint density at radius 1 is 1.26 bits per heavy atom. The second-order valence-corrected chi connectivity index (χ2v) is 6.35. The molecule has 3 unspecified atom stereocenters. The lowest BCUT2D eigenvalue weighted by atomic mass is 9.83. The largest absolute Gasteiger partial charge is 0.360 e. The maximum Gasteiger partial charge on any atom is 0.168 e. The lowest BCUT2D eigenvalue weighted by molar-refractivity contribution is 0.0876. The summed E-state index contributed by atoms with van der Waals surface area (Å²) in [7, 11) is 0. The van der Waals surface area contributed by atoms with E-state index in [1.807, 2.05) is 12.3 Å². The smallest absolute Gasteiger partial charge is 0.168 e. The van der Waals surface area contributed by atoms with Gasteiger partial charge >= 0.3 is 0 Å². The summed E-state index contributed by atoms with van der Waals surface area (Å²) < 4.78 is 0. The first-order chi connectivity index (χ1) is 9.24. The number of hydrogen-bond donors (Lipinski definition) is 1. The molecule has 2 aliphatic rings. The topological polar surface area (TPSA) is 32.9 Å². The van der Waals surface area contributed by atoms with Crippen LogP contribution >= 0.6 is 0 Å². The van der Waals surface area contributed by atoms with Crippen molar-refractivity contribution in [1.29, 1.82) is 0 Å². The first kappa shape index (κ1) is 11.3. The molecule has 0 amide bonds. The van der Waals surface area contributed by atoms with Crippen LogP contribution in [0.5, 0.6) is 0 Å². The third kappa shape index (κ3) is 1.59. The van der Waals surface area contributed by atoms with E-state index in [1.165, 1.54) is 24.8 Å². The highest BCUT2D eigenvalue weighted by atomic mass is 16.1. The van der Waals surface area contributed by atoms with Gasteiger partial charge in [0.15, 0.2) is 5.78 Å². The van der Waals surface area contributed by atoms with Crippen molar-refractivity contribution in [3.8, 4) is 0 Å². The molecule has 1 N–H and O–H groups in total. The Morgan fingerprint density at radius 3 is 2.89 bits per heavy atom. The van der Waals surface area contributed by atoms with Crippen LogP contribution in [-0.2, 0) is 0 Å². The quantitative estimate of drug-likeness (QED) is 0.803. The summed E-state index contributed by atoms with van der Waals surface area (Å²) in [6, 6.07) is 6.19. The maximum absolute atomic E-state index is 12.8. The van der Waals surface area contributed by atoms with Crippen molar-refractivity contribution in [2.45, 2.75) is 32.6 Å². The van der Waals surface area contributed by atoms with Crippen molar-refractivity contribution in [1.82, 2.24) is 4.98 Å². The molecule has 2 aromatic rings. The number of aromatic amines is 1. The minimum Gasteiger partial charge on any atom is -0.360 e. The van der Waals surface area contributed by atoms with E-state index in [4.69, 9.17) is 0 Å². The monoisotopic (exact) mass is 253 g/mol. The van der Waals surface area contributed by atoms with Gasteiger partial charge in [0.1, 0.15) is 0 Å². The zero-order valence-electron chi connectivity index (χ0n) is 11.3. The average molecular weight is 253 g/mol. The van der Waals surface area contributed by atoms with E-state index < -0.39 is 0 Å². The third-order valence-electron chi connectivity index (χ3n) is 5.25. The summed E-state index contributed by atoms with van der Waals surface area (Å²) in [5.74, 6) is 2.15. The molecule has 2 saturated carbocycles. The molecule has 2 nitrogen and oxygen atoms in total. The SMILES string of the molecule is Cc1cccc2[nH]cc(C(=O)C3CC4CCC3C4)c12. The second kappa shape index (κ2) is 3.96. The van der Waals surface area contributed by atoms with Crippen LogP contribution in [-0.4, -0.2) is 10.8 Å². The van der Waals surface area contributed by atoms with E-state index in [1.54, 1.807) is 0 Å². The number of aryl methyl sites for hydroxylation is 1. The molecule has 19 heavy (non-hydrogen) atoms. The molecule has 2 aliphatic carbocycles. The predicted molar refractivity (Wildman–Crippen MR) is 76.3 cm³/mol. The number of Topliss-reactive ketones (excluding diaryl/α,β-unsaturated/α-hetero) is 1. The summed E-state index contributed by atoms with van der Waals surface area (Å²) in [5, 5.41) is 1.13. The van der Waals surface area contributed by atoms with Crippen LogP contribution in [0.1, 0.15) is 41.6 Å².